The summed E-state index contributed by atoms with van der Waals surface area (Å²) in [7, 11) is 0. The van der Waals surface area contributed by atoms with Crippen LogP contribution >= 0.6 is 0 Å². The number of nitrogens with zero attached hydrogens (tertiary/aromatic N) is 8. The van der Waals surface area contributed by atoms with E-state index in [1.807, 2.05) is 54.1 Å². The summed E-state index contributed by atoms with van der Waals surface area (Å²) in [5.74, 6) is 1.36. The molecular weight excluding hydrogens is 586 g/mol. The van der Waals surface area contributed by atoms with Crippen LogP contribution < -0.4 is 5.32 Å². The van der Waals surface area contributed by atoms with Crippen LogP contribution in [0.3, 0.4) is 0 Å². The molecule has 238 valence electrons. The lowest BCUT2D eigenvalue weighted by atomic mass is 10.00. The Labute approximate surface area is 266 Å². The third kappa shape index (κ3) is 6.14. The highest BCUT2D eigenvalue weighted by atomic mass is 16.6. The van der Waals surface area contributed by atoms with Crippen LogP contribution in [0.15, 0.2) is 53.2 Å². The second-order valence-corrected chi connectivity index (χ2v) is 12.0. The standard InChI is InChI=1S/C33H37N9O4/c1-20-17-34-32(36-24-13-12-21(2)41(18-24)33(43)45-19-23-9-5-4-6-10-23)38-28(20)29-25-14-15-26(30-35-22(3)46-40-30)37-31(25)42(39-29)27-11-7-8-16-44-27/h4-6,9-10,14-15,17,21,24,27H,7-8,11-13,16,18-19H2,1-3H3,(H,34,36,38)/t21-,24-,27?/m0/s1. The van der Waals surface area contributed by atoms with Gasteiger partial charge < -0.3 is 24.2 Å². The summed E-state index contributed by atoms with van der Waals surface area (Å²) < 4.78 is 18.8. The molecule has 7 rings (SSSR count). The molecule has 3 atom stereocenters. The van der Waals surface area contributed by atoms with Gasteiger partial charge in [-0.05, 0) is 69.2 Å². The molecule has 0 saturated carbocycles. The number of aryl methyl sites for hydroxylation is 2. The summed E-state index contributed by atoms with van der Waals surface area (Å²) in [6, 6.07) is 13.6. The van der Waals surface area contributed by atoms with Crippen LogP contribution in [0.2, 0.25) is 0 Å². The Morgan fingerprint density at radius 1 is 1.02 bits per heavy atom. The van der Waals surface area contributed by atoms with Crippen molar-refractivity contribution < 1.29 is 18.8 Å². The van der Waals surface area contributed by atoms with Crippen LogP contribution in [0.4, 0.5) is 10.7 Å². The first-order chi connectivity index (χ1) is 22.4. The Bertz CT molecular complexity index is 1830. The first kappa shape index (κ1) is 29.8. The maximum atomic E-state index is 13.0. The van der Waals surface area contributed by atoms with E-state index in [4.69, 9.17) is 29.1 Å². The molecule has 13 heteroatoms. The Balaban J connectivity index is 1.15. The zero-order valence-electron chi connectivity index (χ0n) is 26.2. The van der Waals surface area contributed by atoms with E-state index in [9.17, 15) is 4.79 Å². The molecule has 0 radical (unpaired) electrons. The summed E-state index contributed by atoms with van der Waals surface area (Å²) in [5.41, 5.74) is 4.48. The fourth-order valence-electron chi connectivity index (χ4n) is 6.05. The molecule has 4 aromatic heterocycles. The van der Waals surface area contributed by atoms with Crippen LogP contribution in [-0.2, 0) is 16.1 Å². The number of benzene rings is 1. The Morgan fingerprint density at radius 2 is 1.89 bits per heavy atom. The molecule has 13 nitrogen and oxygen atoms in total. The zero-order valence-corrected chi connectivity index (χ0v) is 26.2. The van der Waals surface area contributed by atoms with Gasteiger partial charge in [-0.2, -0.15) is 10.1 Å². The topological polar surface area (TPSA) is 146 Å². The van der Waals surface area contributed by atoms with Crippen molar-refractivity contribution in [2.24, 2.45) is 0 Å². The van der Waals surface area contributed by atoms with E-state index < -0.39 is 0 Å². The van der Waals surface area contributed by atoms with E-state index in [2.05, 4.69) is 27.4 Å². The van der Waals surface area contributed by atoms with E-state index in [1.165, 1.54) is 0 Å². The van der Waals surface area contributed by atoms with E-state index in [-0.39, 0.29) is 31.0 Å². The Kier molecular flexibility index (Phi) is 8.31. The molecule has 0 spiro atoms. The average molecular weight is 624 g/mol. The zero-order chi connectivity index (χ0) is 31.6. The van der Waals surface area contributed by atoms with Crippen molar-refractivity contribution in [3.05, 3.63) is 65.7 Å². The highest BCUT2D eigenvalue weighted by Crippen LogP contribution is 2.34. The minimum atomic E-state index is -0.321. The van der Waals surface area contributed by atoms with Crippen LogP contribution in [-0.4, -0.2) is 71.1 Å². The van der Waals surface area contributed by atoms with Crippen molar-refractivity contribution in [3.8, 4) is 22.9 Å². The maximum absolute atomic E-state index is 13.0. The first-order valence-electron chi connectivity index (χ1n) is 15.8. The number of nitrogens with one attached hydrogen (secondary N) is 1. The second kappa shape index (κ2) is 12.8. The van der Waals surface area contributed by atoms with Crippen molar-refractivity contribution in [2.45, 2.75) is 77.8 Å². The van der Waals surface area contributed by atoms with Gasteiger partial charge in [-0.1, -0.05) is 35.5 Å². The summed E-state index contributed by atoms with van der Waals surface area (Å²) >= 11 is 0. The Morgan fingerprint density at radius 3 is 2.67 bits per heavy atom. The van der Waals surface area contributed by atoms with E-state index in [0.717, 1.165) is 48.6 Å². The van der Waals surface area contributed by atoms with Gasteiger partial charge in [-0.3, -0.25) is 0 Å². The number of fused-ring (bicyclic) bond motifs is 1. The molecule has 0 bridgehead atoms. The minimum absolute atomic E-state index is 0.0383. The van der Waals surface area contributed by atoms with Crippen molar-refractivity contribution in [2.75, 3.05) is 18.5 Å². The lowest BCUT2D eigenvalue weighted by Gasteiger charge is -2.37. The van der Waals surface area contributed by atoms with E-state index in [1.54, 1.807) is 18.0 Å². The normalized spacial score (nSPS) is 20.2. The van der Waals surface area contributed by atoms with Crippen LogP contribution in [0.25, 0.3) is 33.9 Å². The number of amides is 1. The molecule has 6 heterocycles. The number of carbonyl (C=O) groups is 1. The molecule has 0 aliphatic carbocycles. The number of anilines is 1. The molecular formula is C33H37N9O4. The van der Waals surface area contributed by atoms with Gasteiger partial charge in [0.05, 0.1) is 5.69 Å². The monoisotopic (exact) mass is 623 g/mol. The van der Waals surface area contributed by atoms with Crippen LogP contribution in [0, 0.1) is 13.8 Å². The Hall–Kier alpha value is -4.91. The van der Waals surface area contributed by atoms with E-state index in [0.29, 0.717) is 53.5 Å². The fourth-order valence-corrected chi connectivity index (χ4v) is 6.05. The summed E-state index contributed by atoms with van der Waals surface area (Å²) in [5, 5.41) is 13.4. The van der Waals surface area contributed by atoms with Gasteiger partial charge in [-0.25, -0.2) is 24.4 Å². The molecule has 1 amide bonds. The smallest absolute Gasteiger partial charge is 0.410 e. The molecule has 1 N–H and O–H groups in total. The fraction of sp³-hybridized carbons (Fsp3) is 0.424. The quantitative estimate of drug-likeness (QED) is 0.233. The first-order valence-corrected chi connectivity index (χ1v) is 15.8. The summed E-state index contributed by atoms with van der Waals surface area (Å²) in [6.45, 7) is 7.17. The van der Waals surface area contributed by atoms with Crippen molar-refractivity contribution in [3.63, 3.8) is 0 Å². The minimum Gasteiger partial charge on any atom is -0.445 e. The SMILES string of the molecule is Cc1nc(-c2ccc3c(-c4nc(N[C@H]5CC[C@H](C)N(C(=O)OCc6ccccc6)C5)ncc4C)nn(C4CCCCO4)c3n2)no1. The predicted octanol–water partition coefficient (Wildman–Crippen LogP) is 5.86. The van der Waals surface area contributed by atoms with Gasteiger partial charge in [0.15, 0.2) is 11.9 Å². The average Bonchev–Trinajstić information content (AvgIpc) is 3.69. The molecule has 1 unspecified atom stereocenters. The number of pyridine rings is 1. The summed E-state index contributed by atoms with van der Waals surface area (Å²) in [4.78, 5) is 33.7. The van der Waals surface area contributed by atoms with Crippen molar-refractivity contribution in [1.82, 2.24) is 39.8 Å². The van der Waals surface area contributed by atoms with Gasteiger partial charge in [-0.15, -0.1) is 0 Å². The molecule has 2 aliphatic rings. The van der Waals surface area contributed by atoms with Crippen molar-refractivity contribution in [1.29, 1.82) is 0 Å². The van der Waals surface area contributed by atoms with Gasteiger partial charge in [0, 0.05) is 43.7 Å². The molecule has 2 fully saturated rings. The lowest BCUT2D eigenvalue weighted by Crippen LogP contribution is -2.50. The number of carbonyl (C=O) groups excluding carboxylic acids is 1. The predicted molar refractivity (Wildman–Crippen MR) is 170 cm³/mol. The number of hydrogen-bond donors (Lipinski definition) is 1. The number of hydrogen-bond acceptors (Lipinski definition) is 11. The summed E-state index contributed by atoms with van der Waals surface area (Å²) in [6.07, 6.45) is 5.84. The number of ether oxygens (including phenoxy) is 2. The van der Waals surface area contributed by atoms with Crippen LogP contribution in [0.1, 0.15) is 62.3 Å². The molecule has 5 aromatic rings. The van der Waals surface area contributed by atoms with Gasteiger partial charge in [0.1, 0.15) is 18.0 Å². The van der Waals surface area contributed by atoms with Gasteiger partial charge >= 0.3 is 6.09 Å². The highest BCUT2D eigenvalue weighted by molar-refractivity contribution is 5.92. The molecule has 1 aromatic carbocycles. The van der Waals surface area contributed by atoms with Gasteiger partial charge in [0.2, 0.25) is 17.7 Å². The molecule has 2 saturated heterocycles. The lowest BCUT2D eigenvalue weighted by molar-refractivity contribution is -0.0368. The number of likely N-dealkylation sites (tertiary alicyclic amines) is 1. The maximum Gasteiger partial charge on any atom is 0.410 e. The second-order valence-electron chi connectivity index (χ2n) is 12.0. The number of rotatable bonds is 7. The molecule has 46 heavy (non-hydrogen) atoms. The number of aromatic nitrogens is 7. The highest BCUT2D eigenvalue weighted by Gasteiger charge is 2.31. The largest absolute Gasteiger partial charge is 0.445 e. The number of piperidine rings is 1. The van der Waals surface area contributed by atoms with E-state index >= 15 is 0 Å². The third-order valence-electron chi connectivity index (χ3n) is 8.59. The van der Waals surface area contributed by atoms with Crippen LogP contribution in [0.5, 0.6) is 0 Å². The van der Waals surface area contributed by atoms with Crippen molar-refractivity contribution >= 4 is 23.1 Å². The molecule has 2 aliphatic heterocycles. The van der Waals surface area contributed by atoms with Gasteiger partial charge in [0.25, 0.3) is 0 Å². The third-order valence-corrected chi connectivity index (χ3v) is 8.59.